The van der Waals surface area contributed by atoms with Crippen LogP contribution in [0.2, 0.25) is 20.1 Å². The summed E-state index contributed by atoms with van der Waals surface area (Å²) < 4.78 is 0. The van der Waals surface area contributed by atoms with E-state index in [0.29, 0.717) is 25.8 Å². The maximum Gasteiger partial charge on any atom is 0.258 e. The summed E-state index contributed by atoms with van der Waals surface area (Å²) in [7, 11) is 3.57. The van der Waals surface area contributed by atoms with Gasteiger partial charge in [-0.2, -0.15) is 0 Å². The SMILES string of the molecule is CN(C)/C=C(/C=N/OCc1ccc(Cl)cc1Cl)C(=O)Nc1ccc(Cl)c(Cl)c1. The van der Waals surface area contributed by atoms with E-state index in [2.05, 4.69) is 10.5 Å². The van der Waals surface area contributed by atoms with E-state index in [1.807, 2.05) is 0 Å². The average molecular weight is 461 g/mol. The Hall–Kier alpha value is -1.92. The van der Waals surface area contributed by atoms with Gasteiger partial charge in [0.2, 0.25) is 0 Å². The second-order valence-corrected chi connectivity index (χ2v) is 7.53. The first-order chi connectivity index (χ1) is 13.3. The summed E-state index contributed by atoms with van der Waals surface area (Å²) in [6.07, 6.45) is 2.92. The molecule has 2 rings (SSSR count). The fourth-order valence-electron chi connectivity index (χ4n) is 2.05. The quantitative estimate of drug-likeness (QED) is 0.318. The summed E-state index contributed by atoms with van der Waals surface area (Å²) in [5.41, 5.74) is 1.51. The number of amides is 1. The number of anilines is 1. The first-order valence-corrected chi connectivity index (χ1v) is 9.51. The third-order valence-electron chi connectivity index (χ3n) is 3.34. The minimum absolute atomic E-state index is 0.135. The van der Waals surface area contributed by atoms with Crippen molar-refractivity contribution in [1.29, 1.82) is 0 Å². The zero-order valence-corrected chi connectivity index (χ0v) is 18.1. The lowest BCUT2D eigenvalue weighted by Gasteiger charge is -2.10. The van der Waals surface area contributed by atoms with E-state index in [4.69, 9.17) is 51.2 Å². The van der Waals surface area contributed by atoms with Gasteiger partial charge >= 0.3 is 0 Å². The van der Waals surface area contributed by atoms with E-state index < -0.39 is 0 Å². The van der Waals surface area contributed by atoms with Gasteiger partial charge in [0.25, 0.3) is 5.91 Å². The van der Waals surface area contributed by atoms with Crippen LogP contribution in [-0.4, -0.2) is 31.1 Å². The molecule has 0 aliphatic heterocycles. The van der Waals surface area contributed by atoms with Crippen LogP contribution in [0, 0.1) is 0 Å². The minimum Gasteiger partial charge on any atom is -0.391 e. The van der Waals surface area contributed by atoms with Gasteiger partial charge in [0.1, 0.15) is 6.61 Å². The maximum absolute atomic E-state index is 12.5. The third-order valence-corrected chi connectivity index (χ3v) is 4.66. The third kappa shape index (κ3) is 6.91. The molecule has 0 heterocycles. The number of hydrogen-bond acceptors (Lipinski definition) is 4. The second kappa shape index (κ2) is 10.6. The molecule has 0 saturated heterocycles. The first kappa shape index (κ1) is 22.4. The van der Waals surface area contributed by atoms with Crippen LogP contribution in [0.25, 0.3) is 0 Å². The summed E-state index contributed by atoms with van der Waals surface area (Å²) in [5.74, 6) is -0.385. The van der Waals surface area contributed by atoms with Gasteiger partial charge in [-0.05, 0) is 30.3 Å². The Balaban J connectivity index is 2.04. The smallest absolute Gasteiger partial charge is 0.258 e. The van der Waals surface area contributed by atoms with Crippen molar-refractivity contribution in [3.05, 3.63) is 73.8 Å². The van der Waals surface area contributed by atoms with Crippen LogP contribution in [0.1, 0.15) is 5.56 Å². The van der Waals surface area contributed by atoms with Gasteiger partial charge in [-0.15, -0.1) is 0 Å². The predicted molar refractivity (Wildman–Crippen MR) is 117 cm³/mol. The lowest BCUT2D eigenvalue weighted by Crippen LogP contribution is -2.18. The van der Waals surface area contributed by atoms with Crippen LogP contribution in [0.15, 0.2) is 53.3 Å². The van der Waals surface area contributed by atoms with E-state index in [1.165, 1.54) is 6.21 Å². The normalized spacial score (nSPS) is 11.6. The van der Waals surface area contributed by atoms with Gasteiger partial charge in [0, 0.05) is 41.6 Å². The molecule has 0 radical (unpaired) electrons. The molecule has 1 amide bonds. The molecule has 148 valence electrons. The zero-order chi connectivity index (χ0) is 20.7. The van der Waals surface area contributed by atoms with E-state index in [-0.39, 0.29) is 18.1 Å². The molecule has 0 saturated carbocycles. The molecule has 0 aromatic heterocycles. The Kier molecular flexibility index (Phi) is 8.45. The molecule has 0 spiro atoms. The summed E-state index contributed by atoms with van der Waals surface area (Å²) in [5, 5.41) is 8.34. The molecule has 0 unspecified atom stereocenters. The molecule has 0 aliphatic carbocycles. The molecule has 2 aromatic rings. The zero-order valence-electron chi connectivity index (χ0n) is 15.0. The van der Waals surface area contributed by atoms with Crippen LogP contribution < -0.4 is 5.32 Å². The topological polar surface area (TPSA) is 53.9 Å². The first-order valence-electron chi connectivity index (χ1n) is 8.00. The molecule has 2 aromatic carbocycles. The average Bonchev–Trinajstić information content (AvgIpc) is 2.62. The van der Waals surface area contributed by atoms with Crippen LogP contribution in [-0.2, 0) is 16.2 Å². The number of benzene rings is 2. The van der Waals surface area contributed by atoms with Gasteiger partial charge in [-0.1, -0.05) is 57.6 Å². The van der Waals surface area contributed by atoms with Crippen molar-refractivity contribution in [3.8, 4) is 0 Å². The molecule has 9 heteroatoms. The highest BCUT2D eigenvalue weighted by atomic mass is 35.5. The summed E-state index contributed by atoms with van der Waals surface area (Å²) >= 11 is 23.8. The van der Waals surface area contributed by atoms with Gasteiger partial charge < -0.3 is 15.1 Å². The molecule has 0 bridgehead atoms. The highest BCUT2D eigenvalue weighted by molar-refractivity contribution is 6.42. The fraction of sp³-hybridized carbons (Fsp3) is 0.158. The molecule has 0 fully saturated rings. The van der Waals surface area contributed by atoms with E-state index in [0.717, 1.165) is 5.56 Å². The number of nitrogens with one attached hydrogen (secondary N) is 1. The molecule has 1 N–H and O–H groups in total. The van der Waals surface area contributed by atoms with Crippen LogP contribution >= 0.6 is 46.4 Å². The molecule has 5 nitrogen and oxygen atoms in total. The van der Waals surface area contributed by atoms with Crippen molar-refractivity contribution >= 4 is 64.2 Å². The Labute approximate surface area is 183 Å². The van der Waals surface area contributed by atoms with Crippen molar-refractivity contribution in [1.82, 2.24) is 4.90 Å². The minimum atomic E-state index is -0.385. The second-order valence-electron chi connectivity index (χ2n) is 5.87. The number of nitrogens with zero attached hydrogens (tertiary/aromatic N) is 2. The van der Waals surface area contributed by atoms with Crippen LogP contribution in [0.5, 0.6) is 0 Å². The van der Waals surface area contributed by atoms with E-state index >= 15 is 0 Å². The number of carbonyl (C=O) groups excluding carboxylic acids is 1. The van der Waals surface area contributed by atoms with Crippen molar-refractivity contribution in [2.24, 2.45) is 5.16 Å². The summed E-state index contributed by atoms with van der Waals surface area (Å²) in [6, 6.07) is 9.88. The van der Waals surface area contributed by atoms with Crippen LogP contribution in [0.4, 0.5) is 5.69 Å². The lowest BCUT2D eigenvalue weighted by molar-refractivity contribution is -0.112. The van der Waals surface area contributed by atoms with Gasteiger partial charge in [0.15, 0.2) is 0 Å². The van der Waals surface area contributed by atoms with Crippen molar-refractivity contribution in [3.63, 3.8) is 0 Å². The van der Waals surface area contributed by atoms with Crippen molar-refractivity contribution < 1.29 is 9.63 Å². The highest BCUT2D eigenvalue weighted by Crippen LogP contribution is 2.25. The molecule has 28 heavy (non-hydrogen) atoms. The Morgan fingerprint density at radius 1 is 1.07 bits per heavy atom. The van der Waals surface area contributed by atoms with Gasteiger partial charge in [-0.3, -0.25) is 4.79 Å². The van der Waals surface area contributed by atoms with Gasteiger partial charge in [-0.25, -0.2) is 0 Å². The van der Waals surface area contributed by atoms with Crippen molar-refractivity contribution in [2.75, 3.05) is 19.4 Å². The highest BCUT2D eigenvalue weighted by Gasteiger charge is 2.10. The Morgan fingerprint density at radius 3 is 2.46 bits per heavy atom. The number of oxime groups is 1. The molecular weight excluding hydrogens is 444 g/mol. The van der Waals surface area contributed by atoms with Gasteiger partial charge in [0.05, 0.1) is 21.8 Å². The maximum atomic E-state index is 12.5. The standard InChI is InChI=1S/C19H17Cl4N3O2/c1-26(2)10-13(19(27)25-15-5-6-16(21)18(23)8-15)9-24-28-11-12-3-4-14(20)7-17(12)22/h3-10H,11H2,1-2H3,(H,25,27)/b13-10-,24-9+. The summed E-state index contributed by atoms with van der Waals surface area (Å²) in [6.45, 7) is 0.135. The fourth-order valence-corrected chi connectivity index (χ4v) is 2.81. The number of hydrogen-bond donors (Lipinski definition) is 1. The van der Waals surface area contributed by atoms with E-state index in [1.54, 1.807) is 61.6 Å². The van der Waals surface area contributed by atoms with Crippen molar-refractivity contribution in [2.45, 2.75) is 6.61 Å². The monoisotopic (exact) mass is 459 g/mol. The molecule has 0 atom stereocenters. The Bertz CT molecular complexity index is 914. The number of halogens is 4. The predicted octanol–water partition coefficient (Wildman–Crippen LogP) is 5.89. The molecule has 0 aliphatic rings. The largest absolute Gasteiger partial charge is 0.391 e. The van der Waals surface area contributed by atoms with Crippen LogP contribution in [0.3, 0.4) is 0 Å². The number of carbonyl (C=O) groups is 1. The lowest BCUT2D eigenvalue weighted by atomic mass is 10.2. The Morgan fingerprint density at radius 2 is 1.82 bits per heavy atom. The molecular formula is C19H17Cl4N3O2. The summed E-state index contributed by atoms with van der Waals surface area (Å²) in [4.78, 5) is 19.5. The van der Waals surface area contributed by atoms with E-state index in [9.17, 15) is 4.79 Å². The number of rotatable bonds is 7.